The van der Waals surface area contributed by atoms with Crippen molar-refractivity contribution in [3.63, 3.8) is 0 Å². The highest BCUT2D eigenvalue weighted by Crippen LogP contribution is 2.24. The van der Waals surface area contributed by atoms with E-state index < -0.39 is 6.04 Å². The molecule has 0 bridgehead atoms. The molecule has 0 aliphatic carbocycles. The van der Waals surface area contributed by atoms with E-state index in [1.165, 1.54) is 0 Å². The number of rotatable bonds is 6. The van der Waals surface area contributed by atoms with E-state index in [0.29, 0.717) is 37.4 Å². The Balaban J connectivity index is 2.33. The fourth-order valence-corrected chi connectivity index (χ4v) is 2.52. The largest absolute Gasteiger partial charge is 0.380 e. The summed E-state index contributed by atoms with van der Waals surface area (Å²) in [6.45, 7) is 5.45. The average molecular weight is 290 g/mol. The van der Waals surface area contributed by atoms with Crippen molar-refractivity contribution in [2.45, 2.75) is 32.7 Å². The average Bonchev–Trinajstić information content (AvgIpc) is 2.59. The number of ether oxygens (including phenoxy) is 1. The molecule has 0 spiro atoms. The van der Waals surface area contributed by atoms with Crippen LogP contribution in [0.5, 0.6) is 0 Å². The summed E-state index contributed by atoms with van der Waals surface area (Å²) in [5.74, 6) is -0.244. The minimum absolute atomic E-state index is 0.0603. The van der Waals surface area contributed by atoms with E-state index in [1.807, 2.05) is 32.0 Å². The number of fused-ring (bicyclic) bond motifs is 1. The molecule has 1 unspecified atom stereocenters. The molecule has 1 aromatic carbocycles. The summed E-state index contributed by atoms with van der Waals surface area (Å²) in [4.78, 5) is 26.7. The fraction of sp³-hybridized carbons (Fsp3) is 0.500. The van der Waals surface area contributed by atoms with Crippen LogP contribution in [0.2, 0.25) is 0 Å². The Kier molecular flexibility index (Phi) is 5.33. The zero-order valence-corrected chi connectivity index (χ0v) is 12.6. The quantitative estimate of drug-likeness (QED) is 0.815. The summed E-state index contributed by atoms with van der Waals surface area (Å²) in [6, 6.07) is 6.75. The van der Waals surface area contributed by atoms with Crippen LogP contribution in [0.4, 0.5) is 5.69 Å². The van der Waals surface area contributed by atoms with E-state index in [2.05, 4.69) is 5.32 Å². The summed E-state index contributed by atoms with van der Waals surface area (Å²) in [5.41, 5.74) is 1.21. The molecular weight excluding hydrogens is 268 g/mol. The first-order chi connectivity index (χ1) is 10.2. The third-order valence-corrected chi connectivity index (χ3v) is 3.55. The molecule has 1 heterocycles. The van der Waals surface area contributed by atoms with Gasteiger partial charge in [0.25, 0.3) is 5.91 Å². The maximum absolute atomic E-state index is 12.7. The maximum atomic E-state index is 12.7. The van der Waals surface area contributed by atoms with Crippen molar-refractivity contribution in [1.29, 1.82) is 0 Å². The van der Waals surface area contributed by atoms with Gasteiger partial charge in [-0.25, -0.2) is 0 Å². The van der Waals surface area contributed by atoms with Gasteiger partial charge in [-0.1, -0.05) is 25.5 Å². The van der Waals surface area contributed by atoms with E-state index in [-0.39, 0.29) is 11.8 Å². The SMILES string of the molecule is CCCC1NC(=O)c2ccccc2N(CCOCC)C1=O. The summed E-state index contributed by atoms with van der Waals surface area (Å²) in [5, 5.41) is 2.84. The van der Waals surface area contributed by atoms with Crippen LogP contribution < -0.4 is 10.2 Å². The van der Waals surface area contributed by atoms with Gasteiger partial charge in [-0.2, -0.15) is 0 Å². The Morgan fingerprint density at radius 2 is 2.00 bits per heavy atom. The molecule has 0 saturated heterocycles. The summed E-state index contributed by atoms with van der Waals surface area (Å²) >= 11 is 0. The summed E-state index contributed by atoms with van der Waals surface area (Å²) in [6.07, 6.45) is 1.48. The second-order valence-corrected chi connectivity index (χ2v) is 5.02. The van der Waals surface area contributed by atoms with Gasteiger partial charge in [-0.15, -0.1) is 0 Å². The summed E-state index contributed by atoms with van der Waals surface area (Å²) in [7, 11) is 0. The van der Waals surface area contributed by atoms with Gasteiger partial charge in [0.2, 0.25) is 5.91 Å². The molecule has 1 atom stereocenters. The van der Waals surface area contributed by atoms with Crippen molar-refractivity contribution in [1.82, 2.24) is 5.32 Å². The van der Waals surface area contributed by atoms with Crippen LogP contribution in [0, 0.1) is 0 Å². The van der Waals surface area contributed by atoms with Crippen LogP contribution in [0.25, 0.3) is 0 Å². The number of hydrogen-bond acceptors (Lipinski definition) is 3. The van der Waals surface area contributed by atoms with Gasteiger partial charge in [0.1, 0.15) is 6.04 Å². The van der Waals surface area contributed by atoms with Gasteiger partial charge in [-0.3, -0.25) is 9.59 Å². The van der Waals surface area contributed by atoms with Crippen molar-refractivity contribution in [2.24, 2.45) is 0 Å². The number of carbonyl (C=O) groups is 2. The van der Waals surface area contributed by atoms with Gasteiger partial charge in [0.05, 0.1) is 17.9 Å². The number of amides is 2. The molecule has 21 heavy (non-hydrogen) atoms. The number of carbonyl (C=O) groups excluding carboxylic acids is 2. The second kappa shape index (κ2) is 7.22. The highest BCUT2D eigenvalue weighted by Gasteiger charge is 2.32. The molecular formula is C16H22N2O3. The Hall–Kier alpha value is -1.88. The molecule has 0 fully saturated rings. The molecule has 2 amide bonds. The molecule has 5 heteroatoms. The first-order valence-corrected chi connectivity index (χ1v) is 7.48. The Morgan fingerprint density at radius 3 is 2.71 bits per heavy atom. The van der Waals surface area contributed by atoms with Crippen molar-refractivity contribution in [3.8, 4) is 0 Å². The lowest BCUT2D eigenvalue weighted by Gasteiger charge is -2.25. The highest BCUT2D eigenvalue weighted by molar-refractivity contribution is 6.10. The van der Waals surface area contributed by atoms with Gasteiger partial charge in [0.15, 0.2) is 0 Å². The van der Waals surface area contributed by atoms with Gasteiger partial charge < -0.3 is 15.0 Å². The lowest BCUT2D eigenvalue weighted by molar-refractivity contribution is -0.120. The van der Waals surface area contributed by atoms with E-state index in [0.717, 1.165) is 6.42 Å². The van der Waals surface area contributed by atoms with E-state index >= 15 is 0 Å². The molecule has 2 rings (SSSR count). The third kappa shape index (κ3) is 3.42. The smallest absolute Gasteiger partial charge is 0.254 e. The predicted molar refractivity (Wildman–Crippen MR) is 81.5 cm³/mol. The van der Waals surface area contributed by atoms with Gasteiger partial charge in [-0.05, 0) is 25.5 Å². The molecule has 0 saturated carbocycles. The van der Waals surface area contributed by atoms with E-state index in [1.54, 1.807) is 11.0 Å². The zero-order chi connectivity index (χ0) is 15.2. The van der Waals surface area contributed by atoms with E-state index in [9.17, 15) is 9.59 Å². The minimum Gasteiger partial charge on any atom is -0.380 e. The van der Waals surface area contributed by atoms with Crippen LogP contribution in [0.15, 0.2) is 24.3 Å². The molecule has 1 aliphatic heterocycles. The van der Waals surface area contributed by atoms with Crippen molar-refractivity contribution < 1.29 is 14.3 Å². The number of nitrogens with one attached hydrogen (secondary N) is 1. The minimum atomic E-state index is -0.462. The van der Waals surface area contributed by atoms with Crippen LogP contribution in [0.1, 0.15) is 37.0 Å². The monoisotopic (exact) mass is 290 g/mol. The second-order valence-electron chi connectivity index (χ2n) is 5.02. The predicted octanol–water partition coefficient (Wildman–Crippen LogP) is 1.97. The Morgan fingerprint density at radius 1 is 1.24 bits per heavy atom. The highest BCUT2D eigenvalue weighted by atomic mass is 16.5. The van der Waals surface area contributed by atoms with Crippen LogP contribution in [0.3, 0.4) is 0 Å². The molecule has 1 aromatic rings. The fourth-order valence-electron chi connectivity index (χ4n) is 2.52. The van der Waals surface area contributed by atoms with Gasteiger partial charge in [0, 0.05) is 13.2 Å². The zero-order valence-electron chi connectivity index (χ0n) is 12.6. The molecule has 1 aliphatic rings. The number of para-hydroxylation sites is 1. The van der Waals surface area contributed by atoms with Crippen molar-refractivity contribution >= 4 is 17.5 Å². The number of hydrogen-bond donors (Lipinski definition) is 1. The van der Waals surface area contributed by atoms with Crippen LogP contribution in [-0.2, 0) is 9.53 Å². The molecule has 0 aromatic heterocycles. The number of benzene rings is 1. The van der Waals surface area contributed by atoms with Crippen molar-refractivity contribution in [2.75, 3.05) is 24.7 Å². The normalized spacial score (nSPS) is 18.2. The molecule has 1 N–H and O–H groups in total. The molecule has 114 valence electrons. The lowest BCUT2D eigenvalue weighted by Crippen LogP contribution is -2.46. The number of nitrogens with zero attached hydrogens (tertiary/aromatic N) is 1. The van der Waals surface area contributed by atoms with Crippen LogP contribution in [-0.4, -0.2) is 37.6 Å². The molecule has 0 radical (unpaired) electrons. The first kappa shape index (κ1) is 15.5. The Bertz CT molecular complexity index is 516. The Labute approximate surface area is 125 Å². The topological polar surface area (TPSA) is 58.6 Å². The third-order valence-electron chi connectivity index (χ3n) is 3.55. The number of anilines is 1. The van der Waals surface area contributed by atoms with Crippen molar-refractivity contribution in [3.05, 3.63) is 29.8 Å². The van der Waals surface area contributed by atoms with Gasteiger partial charge >= 0.3 is 0 Å². The maximum Gasteiger partial charge on any atom is 0.254 e. The molecule has 5 nitrogen and oxygen atoms in total. The standard InChI is InChI=1S/C16H22N2O3/c1-3-7-13-16(20)18(10-11-21-4-2)14-9-6-5-8-12(14)15(19)17-13/h5-6,8-9,13H,3-4,7,10-11H2,1-2H3,(H,17,19). The first-order valence-electron chi connectivity index (χ1n) is 7.48. The lowest BCUT2D eigenvalue weighted by atomic mass is 10.1. The summed E-state index contributed by atoms with van der Waals surface area (Å²) < 4.78 is 5.36. The van der Waals surface area contributed by atoms with E-state index in [4.69, 9.17) is 4.74 Å². The van der Waals surface area contributed by atoms with Crippen LogP contribution >= 0.6 is 0 Å².